The van der Waals surface area contributed by atoms with Gasteiger partial charge in [-0.25, -0.2) is 0 Å². The van der Waals surface area contributed by atoms with Gasteiger partial charge in [-0.3, -0.25) is 9.59 Å². The normalized spacial score (nSPS) is 9.43. The largest absolute Gasteiger partial charge is 0.484 e. The summed E-state index contributed by atoms with van der Waals surface area (Å²) in [6.07, 6.45) is 0. The molecule has 1 aromatic rings. The fraction of sp³-hybridized carbons (Fsp3) is 0.111. The minimum absolute atomic E-state index is 0.240. The molecule has 0 unspecified atom stereocenters. The number of carbonyl (C=O) groups is 2. The molecule has 4 N–H and O–H groups in total. The predicted molar refractivity (Wildman–Crippen MR) is 48.5 cm³/mol. The minimum atomic E-state index is -0.588. The highest BCUT2D eigenvalue weighted by Crippen LogP contribution is 2.11. The van der Waals surface area contributed by atoms with Gasteiger partial charge >= 0.3 is 0 Å². The van der Waals surface area contributed by atoms with Crippen molar-refractivity contribution < 1.29 is 14.3 Å². The van der Waals surface area contributed by atoms with E-state index in [1.807, 2.05) is 0 Å². The molecule has 0 bridgehead atoms. The van der Waals surface area contributed by atoms with Crippen molar-refractivity contribution in [2.45, 2.75) is 0 Å². The Morgan fingerprint density at radius 3 is 2.64 bits per heavy atom. The summed E-state index contributed by atoms with van der Waals surface area (Å²) in [6.45, 7) is -0.240. The molecule has 0 aliphatic rings. The fourth-order valence-electron chi connectivity index (χ4n) is 0.830. The quantitative estimate of drug-likeness (QED) is 0.671. The van der Waals surface area contributed by atoms with Crippen LogP contribution in [0.15, 0.2) is 18.2 Å². The van der Waals surface area contributed by atoms with Crippen LogP contribution >= 0.6 is 0 Å². The number of hydrogen-bond acceptors (Lipinski definition) is 3. The second-order valence-electron chi connectivity index (χ2n) is 2.58. The molecule has 1 aromatic carbocycles. The van der Waals surface area contributed by atoms with Crippen LogP contribution in [0.5, 0.6) is 5.75 Å². The third-order valence-corrected chi connectivity index (χ3v) is 1.43. The Morgan fingerprint density at radius 1 is 1.36 bits per heavy atom. The van der Waals surface area contributed by atoms with E-state index in [2.05, 4.69) is 6.07 Å². The summed E-state index contributed by atoms with van der Waals surface area (Å²) in [6, 6.07) is 6.99. The summed E-state index contributed by atoms with van der Waals surface area (Å²) in [7, 11) is 0. The van der Waals surface area contributed by atoms with E-state index in [0.717, 1.165) is 0 Å². The second kappa shape index (κ2) is 4.27. The summed E-state index contributed by atoms with van der Waals surface area (Å²) in [5.74, 6) is -0.833. The summed E-state index contributed by atoms with van der Waals surface area (Å²) in [5.41, 5.74) is 10.2. The molecule has 0 aliphatic heterocycles. The monoisotopic (exact) mass is 193 g/mol. The molecule has 5 heteroatoms. The first-order valence-electron chi connectivity index (χ1n) is 3.81. The van der Waals surface area contributed by atoms with E-state index in [4.69, 9.17) is 16.2 Å². The van der Waals surface area contributed by atoms with Crippen molar-refractivity contribution in [2.24, 2.45) is 11.5 Å². The topological polar surface area (TPSA) is 95.4 Å². The van der Waals surface area contributed by atoms with Crippen LogP contribution in [0.2, 0.25) is 0 Å². The number of nitrogens with two attached hydrogens (primary N) is 2. The average molecular weight is 193 g/mol. The SMILES string of the molecule is NC(=O)COc1c[c]cc(C(N)=O)c1. The molecule has 1 rings (SSSR count). The molecule has 0 aromatic heterocycles. The molecular weight excluding hydrogens is 184 g/mol. The number of ether oxygens (including phenoxy) is 1. The van der Waals surface area contributed by atoms with Crippen molar-refractivity contribution >= 4 is 11.8 Å². The Kier molecular flexibility index (Phi) is 3.06. The first kappa shape index (κ1) is 10.0. The first-order chi connectivity index (χ1) is 6.59. The average Bonchev–Trinajstić information content (AvgIpc) is 2.15. The molecule has 73 valence electrons. The second-order valence-corrected chi connectivity index (χ2v) is 2.58. The third-order valence-electron chi connectivity index (χ3n) is 1.43. The molecule has 0 atom stereocenters. The molecule has 0 saturated carbocycles. The Bertz CT molecular complexity index is 363. The fourth-order valence-corrected chi connectivity index (χ4v) is 0.830. The van der Waals surface area contributed by atoms with E-state index in [9.17, 15) is 9.59 Å². The lowest BCUT2D eigenvalue weighted by Crippen LogP contribution is -2.20. The molecular formula is C9H9N2O3. The highest BCUT2D eigenvalue weighted by atomic mass is 16.5. The summed E-state index contributed by atoms with van der Waals surface area (Å²) < 4.78 is 4.94. The van der Waals surface area contributed by atoms with Crippen LogP contribution < -0.4 is 16.2 Å². The van der Waals surface area contributed by atoms with Gasteiger partial charge in [0.05, 0.1) is 0 Å². The Labute approximate surface area is 80.6 Å². The molecule has 5 nitrogen and oxygen atoms in total. The lowest BCUT2D eigenvalue weighted by Gasteiger charge is -2.03. The van der Waals surface area contributed by atoms with E-state index in [0.29, 0.717) is 5.75 Å². The predicted octanol–water partition coefficient (Wildman–Crippen LogP) is -0.550. The van der Waals surface area contributed by atoms with Crippen LogP contribution in [0.25, 0.3) is 0 Å². The summed E-state index contributed by atoms with van der Waals surface area (Å²) in [5, 5.41) is 0. The van der Waals surface area contributed by atoms with Gasteiger partial charge in [-0.15, -0.1) is 0 Å². The van der Waals surface area contributed by atoms with Gasteiger partial charge in [-0.1, -0.05) is 0 Å². The Balaban J connectivity index is 2.73. The maximum Gasteiger partial charge on any atom is 0.255 e. The zero-order valence-electron chi connectivity index (χ0n) is 7.32. The molecule has 0 heterocycles. The van der Waals surface area contributed by atoms with Gasteiger partial charge in [0.2, 0.25) is 5.91 Å². The van der Waals surface area contributed by atoms with E-state index in [1.54, 1.807) is 0 Å². The van der Waals surface area contributed by atoms with Crippen molar-refractivity contribution in [1.29, 1.82) is 0 Å². The van der Waals surface area contributed by atoms with Crippen LogP contribution in [0.1, 0.15) is 10.4 Å². The zero-order valence-corrected chi connectivity index (χ0v) is 7.32. The maximum absolute atomic E-state index is 10.7. The first-order valence-corrected chi connectivity index (χ1v) is 3.81. The van der Waals surface area contributed by atoms with E-state index < -0.39 is 11.8 Å². The zero-order chi connectivity index (χ0) is 10.6. The smallest absolute Gasteiger partial charge is 0.255 e. The lowest BCUT2D eigenvalue weighted by molar-refractivity contribution is -0.119. The molecule has 14 heavy (non-hydrogen) atoms. The molecule has 0 fully saturated rings. The number of benzene rings is 1. The molecule has 0 aliphatic carbocycles. The molecule has 0 saturated heterocycles. The van der Waals surface area contributed by atoms with E-state index in [1.165, 1.54) is 18.2 Å². The van der Waals surface area contributed by atoms with Crippen molar-refractivity contribution in [1.82, 2.24) is 0 Å². The minimum Gasteiger partial charge on any atom is -0.484 e. The molecule has 0 spiro atoms. The van der Waals surface area contributed by atoms with Crippen molar-refractivity contribution in [2.75, 3.05) is 6.61 Å². The number of rotatable bonds is 4. The van der Waals surface area contributed by atoms with Gasteiger partial charge < -0.3 is 16.2 Å². The maximum atomic E-state index is 10.7. The van der Waals surface area contributed by atoms with Gasteiger partial charge in [-0.2, -0.15) is 0 Å². The van der Waals surface area contributed by atoms with Gasteiger partial charge in [-0.05, 0) is 24.3 Å². The highest BCUT2D eigenvalue weighted by Gasteiger charge is 2.02. The Morgan fingerprint density at radius 2 is 2.07 bits per heavy atom. The van der Waals surface area contributed by atoms with Crippen LogP contribution in [0.3, 0.4) is 0 Å². The van der Waals surface area contributed by atoms with E-state index in [-0.39, 0.29) is 12.2 Å². The van der Waals surface area contributed by atoms with E-state index >= 15 is 0 Å². The van der Waals surface area contributed by atoms with Crippen molar-refractivity contribution in [3.63, 3.8) is 0 Å². The van der Waals surface area contributed by atoms with Crippen LogP contribution in [0, 0.1) is 6.07 Å². The van der Waals surface area contributed by atoms with Crippen molar-refractivity contribution in [3.8, 4) is 5.75 Å². The molecule has 1 radical (unpaired) electrons. The Hall–Kier alpha value is -2.04. The van der Waals surface area contributed by atoms with Gasteiger partial charge in [0.15, 0.2) is 6.61 Å². The van der Waals surface area contributed by atoms with Crippen LogP contribution in [0.4, 0.5) is 0 Å². The number of carbonyl (C=O) groups excluding carboxylic acids is 2. The summed E-state index contributed by atoms with van der Waals surface area (Å²) >= 11 is 0. The number of hydrogen-bond donors (Lipinski definition) is 2. The standard InChI is InChI=1S/C9H9N2O3/c10-8(12)5-14-7-3-1-2-6(4-7)9(11)13/h2-4H,5H2,(H2,10,12)(H2,11,13). The third kappa shape index (κ3) is 2.78. The van der Waals surface area contributed by atoms with Gasteiger partial charge in [0, 0.05) is 5.56 Å². The van der Waals surface area contributed by atoms with Crippen molar-refractivity contribution in [3.05, 3.63) is 29.8 Å². The number of amides is 2. The highest BCUT2D eigenvalue weighted by molar-refractivity contribution is 5.93. The van der Waals surface area contributed by atoms with Gasteiger partial charge in [0.25, 0.3) is 5.91 Å². The van der Waals surface area contributed by atoms with Crippen LogP contribution in [-0.4, -0.2) is 18.4 Å². The van der Waals surface area contributed by atoms with Gasteiger partial charge in [0.1, 0.15) is 5.75 Å². The number of primary amides is 2. The van der Waals surface area contributed by atoms with Crippen LogP contribution in [-0.2, 0) is 4.79 Å². The lowest BCUT2D eigenvalue weighted by atomic mass is 10.2. The molecule has 2 amide bonds. The summed E-state index contributed by atoms with van der Waals surface area (Å²) in [4.78, 5) is 21.1.